The third kappa shape index (κ3) is 3.48. The number of hydrogen-bond acceptors (Lipinski definition) is 3. The summed E-state index contributed by atoms with van der Waals surface area (Å²) >= 11 is 5.88. The predicted octanol–water partition coefficient (Wildman–Crippen LogP) is 3.69. The van der Waals surface area contributed by atoms with Gasteiger partial charge in [-0.05, 0) is 42.8 Å². The van der Waals surface area contributed by atoms with Crippen molar-refractivity contribution >= 4 is 33.0 Å². The molecule has 0 saturated carbocycles. The summed E-state index contributed by atoms with van der Waals surface area (Å²) in [4.78, 5) is 12.5. The van der Waals surface area contributed by atoms with Crippen molar-refractivity contribution in [3.05, 3.63) is 58.6 Å². The SMILES string of the molecule is CCS(=O)(=O)c1ccccc1C(=O)Nc1ccc(Cl)cc1C. The smallest absolute Gasteiger partial charge is 0.256 e. The zero-order valence-electron chi connectivity index (χ0n) is 12.3. The third-order valence-corrected chi connectivity index (χ3v) is 5.30. The zero-order chi connectivity index (χ0) is 16.3. The molecule has 0 fully saturated rings. The van der Waals surface area contributed by atoms with Crippen LogP contribution in [0.1, 0.15) is 22.8 Å². The minimum Gasteiger partial charge on any atom is -0.322 e. The lowest BCUT2D eigenvalue weighted by molar-refractivity contribution is 0.102. The van der Waals surface area contributed by atoms with Crippen molar-refractivity contribution in [2.45, 2.75) is 18.7 Å². The molecule has 0 bridgehead atoms. The van der Waals surface area contributed by atoms with E-state index in [1.807, 2.05) is 6.92 Å². The lowest BCUT2D eigenvalue weighted by atomic mass is 10.1. The van der Waals surface area contributed by atoms with Crippen LogP contribution in [0.4, 0.5) is 5.69 Å². The molecule has 22 heavy (non-hydrogen) atoms. The highest BCUT2D eigenvalue weighted by atomic mass is 35.5. The van der Waals surface area contributed by atoms with Crippen molar-refractivity contribution in [3.63, 3.8) is 0 Å². The van der Waals surface area contributed by atoms with Crippen LogP contribution in [0.2, 0.25) is 5.02 Å². The van der Waals surface area contributed by atoms with E-state index in [2.05, 4.69) is 5.32 Å². The Kier molecular flexibility index (Phi) is 4.88. The summed E-state index contributed by atoms with van der Waals surface area (Å²) in [6, 6.07) is 11.3. The van der Waals surface area contributed by atoms with E-state index in [-0.39, 0.29) is 16.2 Å². The van der Waals surface area contributed by atoms with Gasteiger partial charge in [-0.2, -0.15) is 0 Å². The van der Waals surface area contributed by atoms with E-state index in [4.69, 9.17) is 11.6 Å². The fourth-order valence-corrected chi connectivity index (χ4v) is 3.36. The van der Waals surface area contributed by atoms with Gasteiger partial charge in [0.15, 0.2) is 9.84 Å². The highest BCUT2D eigenvalue weighted by molar-refractivity contribution is 7.91. The number of hydrogen-bond donors (Lipinski definition) is 1. The van der Waals surface area contributed by atoms with E-state index in [9.17, 15) is 13.2 Å². The molecule has 1 amide bonds. The Labute approximate surface area is 135 Å². The minimum absolute atomic E-state index is 0.0432. The molecule has 0 atom stereocenters. The first-order chi connectivity index (χ1) is 10.3. The second kappa shape index (κ2) is 6.50. The molecule has 0 aliphatic heterocycles. The lowest BCUT2D eigenvalue weighted by Gasteiger charge is -2.11. The van der Waals surface area contributed by atoms with Crippen LogP contribution in [0.5, 0.6) is 0 Å². The van der Waals surface area contributed by atoms with Gasteiger partial charge < -0.3 is 5.32 Å². The molecule has 6 heteroatoms. The predicted molar refractivity (Wildman–Crippen MR) is 88.3 cm³/mol. The molecule has 0 heterocycles. The van der Waals surface area contributed by atoms with Crippen LogP contribution >= 0.6 is 11.6 Å². The van der Waals surface area contributed by atoms with Gasteiger partial charge in [0, 0.05) is 10.7 Å². The van der Waals surface area contributed by atoms with Gasteiger partial charge in [0.05, 0.1) is 16.2 Å². The van der Waals surface area contributed by atoms with Gasteiger partial charge in [-0.1, -0.05) is 30.7 Å². The maximum Gasteiger partial charge on any atom is 0.256 e. The number of nitrogens with one attached hydrogen (secondary N) is 1. The summed E-state index contributed by atoms with van der Waals surface area (Å²) in [5, 5.41) is 3.30. The molecule has 0 aliphatic carbocycles. The largest absolute Gasteiger partial charge is 0.322 e. The van der Waals surface area contributed by atoms with Crippen molar-refractivity contribution in [1.29, 1.82) is 0 Å². The molecule has 0 aliphatic rings. The average Bonchev–Trinajstić information content (AvgIpc) is 2.50. The van der Waals surface area contributed by atoms with E-state index >= 15 is 0 Å². The molecule has 2 aromatic rings. The summed E-state index contributed by atoms with van der Waals surface area (Å²) in [5.41, 5.74) is 1.54. The molecule has 1 N–H and O–H groups in total. The second-order valence-corrected chi connectivity index (χ2v) is 7.50. The van der Waals surface area contributed by atoms with Gasteiger partial charge in [-0.15, -0.1) is 0 Å². The van der Waals surface area contributed by atoms with Gasteiger partial charge in [0.25, 0.3) is 5.91 Å². The van der Waals surface area contributed by atoms with Crippen molar-refractivity contribution in [2.75, 3.05) is 11.1 Å². The highest BCUT2D eigenvalue weighted by Crippen LogP contribution is 2.22. The van der Waals surface area contributed by atoms with Crippen molar-refractivity contribution < 1.29 is 13.2 Å². The van der Waals surface area contributed by atoms with Gasteiger partial charge in [0.1, 0.15) is 0 Å². The van der Waals surface area contributed by atoms with E-state index in [1.54, 1.807) is 37.3 Å². The Morgan fingerprint density at radius 3 is 2.50 bits per heavy atom. The van der Waals surface area contributed by atoms with Crippen LogP contribution in [-0.2, 0) is 9.84 Å². The molecule has 4 nitrogen and oxygen atoms in total. The summed E-state index contributed by atoms with van der Waals surface area (Å²) < 4.78 is 24.2. The topological polar surface area (TPSA) is 63.2 Å². The van der Waals surface area contributed by atoms with Crippen LogP contribution in [-0.4, -0.2) is 20.1 Å². The molecule has 0 unspecified atom stereocenters. The Morgan fingerprint density at radius 2 is 1.86 bits per heavy atom. The summed E-state index contributed by atoms with van der Waals surface area (Å²) in [7, 11) is -3.46. The van der Waals surface area contributed by atoms with Gasteiger partial charge in [0.2, 0.25) is 0 Å². The van der Waals surface area contributed by atoms with Crippen LogP contribution in [0.3, 0.4) is 0 Å². The second-order valence-electron chi connectivity index (χ2n) is 4.81. The highest BCUT2D eigenvalue weighted by Gasteiger charge is 2.20. The third-order valence-electron chi connectivity index (χ3n) is 3.28. The zero-order valence-corrected chi connectivity index (χ0v) is 13.8. The van der Waals surface area contributed by atoms with Gasteiger partial charge >= 0.3 is 0 Å². The van der Waals surface area contributed by atoms with E-state index < -0.39 is 15.7 Å². The van der Waals surface area contributed by atoms with Gasteiger partial charge in [-0.3, -0.25) is 4.79 Å². The molecule has 0 saturated heterocycles. The van der Waals surface area contributed by atoms with Crippen LogP contribution in [0.25, 0.3) is 0 Å². The number of rotatable bonds is 4. The van der Waals surface area contributed by atoms with E-state index in [0.717, 1.165) is 5.56 Å². The standard InChI is InChI=1S/C16H16ClNO3S/c1-3-22(20,21)15-7-5-4-6-13(15)16(19)18-14-9-8-12(17)10-11(14)2/h4-10H,3H2,1-2H3,(H,18,19). The Balaban J connectivity index is 2.39. The Morgan fingerprint density at radius 1 is 1.18 bits per heavy atom. The van der Waals surface area contributed by atoms with Crippen molar-refractivity contribution in [2.24, 2.45) is 0 Å². The van der Waals surface area contributed by atoms with Crippen LogP contribution < -0.4 is 5.32 Å². The van der Waals surface area contributed by atoms with Crippen LogP contribution in [0.15, 0.2) is 47.4 Å². The molecule has 0 aromatic heterocycles. The van der Waals surface area contributed by atoms with Crippen molar-refractivity contribution in [3.8, 4) is 0 Å². The average molecular weight is 338 g/mol. The monoisotopic (exact) mass is 337 g/mol. The number of aryl methyl sites for hydroxylation is 1. The number of carbonyl (C=O) groups is 1. The van der Waals surface area contributed by atoms with Gasteiger partial charge in [-0.25, -0.2) is 8.42 Å². The minimum atomic E-state index is -3.46. The first-order valence-electron chi connectivity index (χ1n) is 6.74. The van der Waals surface area contributed by atoms with E-state index in [1.165, 1.54) is 12.1 Å². The number of sulfone groups is 1. The quantitative estimate of drug-likeness (QED) is 0.925. The summed E-state index contributed by atoms with van der Waals surface area (Å²) in [6.07, 6.45) is 0. The summed E-state index contributed by atoms with van der Waals surface area (Å²) in [6.45, 7) is 3.36. The molecule has 0 radical (unpaired) electrons. The van der Waals surface area contributed by atoms with Crippen molar-refractivity contribution in [1.82, 2.24) is 0 Å². The number of anilines is 1. The Bertz CT molecular complexity index is 816. The molecule has 2 rings (SSSR count). The fourth-order valence-electron chi connectivity index (χ4n) is 2.04. The maximum atomic E-state index is 12.4. The maximum absolute atomic E-state index is 12.4. The molecule has 116 valence electrons. The molecule has 0 spiro atoms. The normalized spacial score (nSPS) is 11.2. The number of halogens is 1. The molecular weight excluding hydrogens is 322 g/mol. The van der Waals surface area contributed by atoms with E-state index in [0.29, 0.717) is 10.7 Å². The number of carbonyl (C=O) groups excluding carboxylic acids is 1. The number of amides is 1. The fraction of sp³-hybridized carbons (Fsp3) is 0.188. The number of benzene rings is 2. The van der Waals surface area contributed by atoms with Crippen LogP contribution in [0, 0.1) is 6.92 Å². The Hall–Kier alpha value is -1.85. The summed E-state index contributed by atoms with van der Waals surface area (Å²) in [5.74, 6) is -0.518. The lowest BCUT2D eigenvalue weighted by Crippen LogP contribution is -2.17. The first-order valence-corrected chi connectivity index (χ1v) is 8.77. The first kappa shape index (κ1) is 16.5. The molecular formula is C16H16ClNO3S. The molecule has 2 aromatic carbocycles.